The molecular weight excluding hydrogens is 260 g/mol. The lowest BCUT2D eigenvalue weighted by atomic mass is 10.2. The van der Waals surface area contributed by atoms with Gasteiger partial charge in [0.25, 0.3) is 5.69 Å². The molecule has 0 unspecified atom stereocenters. The van der Waals surface area contributed by atoms with Gasteiger partial charge in [0.2, 0.25) is 5.69 Å². The molecule has 0 radical (unpaired) electrons. The lowest BCUT2D eigenvalue weighted by Crippen LogP contribution is -2.88. The van der Waals surface area contributed by atoms with Gasteiger partial charge in [0.15, 0.2) is 0 Å². The maximum absolute atomic E-state index is 4.62. The summed E-state index contributed by atoms with van der Waals surface area (Å²) in [5, 5.41) is 2.24. The highest BCUT2D eigenvalue weighted by molar-refractivity contribution is 5.76. The zero-order valence-corrected chi connectivity index (χ0v) is 11.8. The maximum Gasteiger partial charge on any atom is 0.344 e. The number of nitrogens with one attached hydrogen (secondary N) is 2. The van der Waals surface area contributed by atoms with Crippen LogP contribution in [0.2, 0.25) is 0 Å². The average molecular weight is 278 g/mol. The smallest absolute Gasteiger partial charge is 0.342 e. The summed E-state index contributed by atoms with van der Waals surface area (Å²) in [7, 11) is 0. The summed E-state index contributed by atoms with van der Waals surface area (Å²) in [6, 6.07) is 16.6. The second-order valence-corrected chi connectivity index (χ2v) is 5.44. The summed E-state index contributed by atoms with van der Waals surface area (Å²) in [6.45, 7) is 0. The van der Waals surface area contributed by atoms with E-state index < -0.39 is 0 Å². The fourth-order valence-electron chi connectivity index (χ4n) is 2.84. The summed E-state index contributed by atoms with van der Waals surface area (Å²) in [5.74, 6) is 2.37. The zero-order chi connectivity index (χ0) is 14.1. The fraction of sp³-hybridized carbons (Fsp3) is 0.176. The van der Waals surface area contributed by atoms with Crippen molar-refractivity contribution in [1.82, 2.24) is 9.97 Å². The van der Waals surface area contributed by atoms with Crippen molar-refractivity contribution in [3.8, 4) is 0 Å². The molecule has 0 bridgehead atoms. The van der Waals surface area contributed by atoms with Crippen molar-refractivity contribution in [3.05, 3.63) is 54.4 Å². The van der Waals surface area contributed by atoms with E-state index in [0.717, 1.165) is 36.1 Å². The number of H-pyrrole nitrogens is 1. The molecule has 1 aliphatic rings. The molecule has 2 heterocycles. The Labute approximate surface area is 122 Å². The number of hydrogen-bond acceptors (Lipinski definition) is 1. The van der Waals surface area contributed by atoms with Crippen LogP contribution in [0.25, 0.3) is 11.0 Å². The highest BCUT2D eigenvalue weighted by atomic mass is 15.1. The van der Waals surface area contributed by atoms with Gasteiger partial charge in [-0.3, -0.25) is 0 Å². The minimum absolute atomic E-state index is 0.976. The van der Waals surface area contributed by atoms with Crippen LogP contribution in [0.1, 0.15) is 18.7 Å². The first-order valence-corrected chi connectivity index (χ1v) is 7.39. The number of rotatable bonds is 4. The molecule has 1 aliphatic heterocycles. The van der Waals surface area contributed by atoms with Gasteiger partial charge in [-0.2, -0.15) is 4.99 Å². The zero-order valence-electron chi connectivity index (χ0n) is 11.8. The molecule has 1 aromatic heterocycles. The molecule has 0 aliphatic carbocycles. The third-order valence-corrected chi connectivity index (χ3v) is 3.88. The molecule has 4 rings (SSSR count). The second-order valence-electron chi connectivity index (χ2n) is 5.44. The molecule has 21 heavy (non-hydrogen) atoms. The van der Waals surface area contributed by atoms with E-state index in [1.165, 1.54) is 17.2 Å². The molecule has 4 nitrogen and oxygen atoms in total. The molecular formula is C17H18N4+2. The quantitative estimate of drug-likeness (QED) is 0.610. The van der Waals surface area contributed by atoms with Crippen LogP contribution in [0.4, 0.5) is 11.4 Å². The Bertz CT molecular complexity index is 783. The van der Waals surface area contributed by atoms with Gasteiger partial charge in [0.1, 0.15) is 5.82 Å². The van der Waals surface area contributed by atoms with Crippen molar-refractivity contribution in [2.45, 2.75) is 19.3 Å². The molecule has 4 heteroatoms. The predicted octanol–water partition coefficient (Wildman–Crippen LogP) is 0.905. The van der Waals surface area contributed by atoms with Crippen LogP contribution in [-0.2, 0) is 6.42 Å². The predicted molar refractivity (Wildman–Crippen MR) is 82.7 cm³/mol. The van der Waals surface area contributed by atoms with Crippen LogP contribution in [0.5, 0.6) is 0 Å². The standard InChI is InChI=1S/C17H16N4/c1-2-7-13-12(6-1)18-16(19-13)10-5-11-17-20-14-8-3-4-9-15(14)21-17/h1-4,6-9H,5,10-11H2,(H,18,19)(H,20,21)/p+2. The second kappa shape index (κ2) is 5.14. The number of nitrogens with two attached hydrogens (primary N) is 1. The van der Waals surface area contributed by atoms with Crippen molar-refractivity contribution in [2.75, 3.05) is 0 Å². The number of nitrogens with zero attached hydrogens (tertiary/aromatic N) is 1. The van der Waals surface area contributed by atoms with Crippen molar-refractivity contribution < 1.29 is 10.3 Å². The summed E-state index contributed by atoms with van der Waals surface area (Å²) >= 11 is 0. The number of benzene rings is 2. The number of hydrogen-bond donors (Lipinski definition) is 3. The van der Waals surface area contributed by atoms with Gasteiger partial charge < -0.3 is 4.98 Å². The van der Waals surface area contributed by atoms with E-state index in [9.17, 15) is 0 Å². The summed E-state index contributed by atoms with van der Waals surface area (Å²) in [4.78, 5) is 11.5. The van der Waals surface area contributed by atoms with Crippen molar-refractivity contribution in [1.29, 1.82) is 0 Å². The van der Waals surface area contributed by atoms with Gasteiger partial charge in [-0.25, -0.2) is 10.3 Å². The van der Waals surface area contributed by atoms with Crippen molar-refractivity contribution >= 4 is 28.2 Å². The number of para-hydroxylation sites is 4. The number of quaternary nitrogens is 1. The third-order valence-electron chi connectivity index (χ3n) is 3.88. The van der Waals surface area contributed by atoms with E-state index in [-0.39, 0.29) is 0 Å². The minimum atomic E-state index is 0.976. The lowest BCUT2D eigenvalue weighted by Gasteiger charge is -1.93. The first kappa shape index (κ1) is 12.3. The van der Waals surface area contributed by atoms with Crippen LogP contribution >= 0.6 is 0 Å². The monoisotopic (exact) mass is 278 g/mol. The van der Waals surface area contributed by atoms with Gasteiger partial charge >= 0.3 is 5.84 Å². The number of aromatic nitrogens is 2. The van der Waals surface area contributed by atoms with Gasteiger partial charge in [-0.05, 0) is 18.6 Å². The van der Waals surface area contributed by atoms with Gasteiger partial charge in [-0.15, -0.1) is 0 Å². The molecule has 0 saturated carbocycles. The van der Waals surface area contributed by atoms with Crippen molar-refractivity contribution in [3.63, 3.8) is 0 Å². The average Bonchev–Trinajstić information content (AvgIpc) is 3.09. The molecule has 0 atom stereocenters. The van der Waals surface area contributed by atoms with E-state index in [1.807, 2.05) is 18.2 Å². The Morgan fingerprint density at radius 3 is 2.76 bits per heavy atom. The number of fused-ring (bicyclic) bond motifs is 2. The van der Waals surface area contributed by atoms with E-state index in [0.29, 0.717) is 0 Å². The van der Waals surface area contributed by atoms with Crippen LogP contribution < -0.4 is 10.3 Å². The number of imidazole rings is 1. The Balaban J connectivity index is 1.38. The van der Waals surface area contributed by atoms with Crippen molar-refractivity contribution in [2.24, 2.45) is 0 Å². The number of aromatic amines is 1. The lowest BCUT2D eigenvalue weighted by molar-refractivity contribution is -0.489. The highest BCUT2D eigenvalue weighted by Crippen LogP contribution is 2.13. The molecule has 104 valence electrons. The molecule has 0 amide bonds. The van der Waals surface area contributed by atoms with Crippen LogP contribution in [0, 0.1) is 0 Å². The molecule has 2 aromatic carbocycles. The van der Waals surface area contributed by atoms with E-state index in [4.69, 9.17) is 0 Å². The van der Waals surface area contributed by atoms with Crippen LogP contribution in [0.3, 0.4) is 0 Å². The molecule has 0 fully saturated rings. The SMILES string of the molecule is c1ccc2c(c1)[NH+]=C(CCCc1nc3ccccc3[nH]1)[NH2+]2. The summed E-state index contributed by atoms with van der Waals surface area (Å²) in [5.41, 5.74) is 4.68. The van der Waals surface area contributed by atoms with E-state index in [1.54, 1.807) is 0 Å². The number of aryl methyl sites for hydroxylation is 1. The Morgan fingerprint density at radius 1 is 1.00 bits per heavy atom. The van der Waals surface area contributed by atoms with E-state index in [2.05, 4.69) is 50.6 Å². The Morgan fingerprint density at radius 2 is 1.86 bits per heavy atom. The van der Waals surface area contributed by atoms with Gasteiger partial charge in [0, 0.05) is 18.6 Å². The molecule has 0 saturated heterocycles. The molecule has 0 spiro atoms. The molecule has 3 aromatic rings. The third kappa shape index (κ3) is 2.45. The van der Waals surface area contributed by atoms with Gasteiger partial charge in [-0.1, -0.05) is 24.3 Å². The van der Waals surface area contributed by atoms with E-state index >= 15 is 0 Å². The largest absolute Gasteiger partial charge is 0.344 e. The fourth-order valence-corrected chi connectivity index (χ4v) is 2.84. The number of amidine groups is 1. The Kier molecular flexibility index (Phi) is 3.01. The summed E-state index contributed by atoms with van der Waals surface area (Å²) < 4.78 is 0. The Hall–Kier alpha value is -2.46. The van der Waals surface area contributed by atoms with Crippen LogP contribution in [-0.4, -0.2) is 15.8 Å². The normalized spacial score (nSPS) is 13.4. The summed E-state index contributed by atoms with van der Waals surface area (Å²) in [6.07, 6.45) is 3.11. The maximum atomic E-state index is 4.62. The minimum Gasteiger partial charge on any atom is -0.342 e. The first-order chi connectivity index (χ1) is 10.4. The molecule has 4 N–H and O–H groups in total. The van der Waals surface area contributed by atoms with Crippen LogP contribution in [0.15, 0.2) is 48.5 Å². The van der Waals surface area contributed by atoms with Gasteiger partial charge in [0.05, 0.1) is 17.5 Å². The topological polar surface area (TPSA) is 59.3 Å². The first-order valence-electron chi connectivity index (χ1n) is 7.39. The highest BCUT2D eigenvalue weighted by Gasteiger charge is 2.25.